The van der Waals surface area contributed by atoms with Gasteiger partial charge in [-0.15, -0.1) is 0 Å². The molecule has 0 saturated carbocycles. The molecule has 0 saturated heterocycles. The summed E-state index contributed by atoms with van der Waals surface area (Å²) in [5.41, 5.74) is -3.87. The molecule has 0 fully saturated rings. The summed E-state index contributed by atoms with van der Waals surface area (Å²) in [5, 5.41) is 18.4. The molecule has 1 aliphatic heterocycles. The van der Waals surface area contributed by atoms with E-state index >= 15 is 0 Å². The molecule has 8 heteroatoms. The Bertz CT molecular complexity index is 355. The van der Waals surface area contributed by atoms with E-state index in [0.717, 1.165) is 14.0 Å². The van der Waals surface area contributed by atoms with Crippen LogP contribution in [0.3, 0.4) is 0 Å². The van der Waals surface area contributed by atoms with E-state index in [0.29, 0.717) is 0 Å². The Morgan fingerprint density at radius 1 is 1.59 bits per heavy atom. The number of alkyl halides is 3. The number of nitrogens with zero attached hydrogens (tertiary/aromatic N) is 1. The molecule has 5 nitrogen and oxygen atoms in total. The standard InChI is InChI=1S/C9H12F3NO4/c1-4-6(7(14)15)13-5(17-2)3-8(4,16)9(10,11)12/h4-5,16H,3H2,1-2H3,(H,14,15). The summed E-state index contributed by atoms with van der Waals surface area (Å²) in [6, 6.07) is 0. The second-order valence-corrected chi connectivity index (χ2v) is 3.86. The van der Waals surface area contributed by atoms with Gasteiger partial charge in [0.1, 0.15) is 5.71 Å². The fraction of sp³-hybridized carbons (Fsp3) is 0.778. The first-order valence-electron chi connectivity index (χ1n) is 4.76. The lowest BCUT2D eigenvalue weighted by molar-refractivity contribution is -0.281. The zero-order valence-electron chi connectivity index (χ0n) is 9.15. The molecule has 1 rings (SSSR count). The highest BCUT2D eigenvalue weighted by Crippen LogP contribution is 2.43. The number of methoxy groups -OCH3 is 1. The number of hydrogen-bond donors (Lipinski definition) is 2. The minimum Gasteiger partial charge on any atom is -0.477 e. The molecule has 0 aromatic rings. The summed E-state index contributed by atoms with van der Waals surface area (Å²) in [6.45, 7) is 0.978. The van der Waals surface area contributed by atoms with Gasteiger partial charge in [-0.3, -0.25) is 4.99 Å². The van der Waals surface area contributed by atoms with Crippen LogP contribution in [0.5, 0.6) is 0 Å². The fourth-order valence-corrected chi connectivity index (χ4v) is 1.72. The monoisotopic (exact) mass is 255 g/mol. The molecule has 2 N–H and O–H groups in total. The number of carboxylic acid groups (broad SMARTS) is 1. The van der Waals surface area contributed by atoms with Crippen LogP contribution in [0.2, 0.25) is 0 Å². The SMILES string of the molecule is COC1CC(O)(C(F)(F)F)C(C)C(C(=O)O)=N1. The maximum absolute atomic E-state index is 12.8. The number of aliphatic hydroxyl groups is 1. The maximum atomic E-state index is 12.8. The van der Waals surface area contributed by atoms with Crippen molar-refractivity contribution in [2.24, 2.45) is 10.9 Å². The van der Waals surface area contributed by atoms with Crippen molar-refractivity contribution in [3.05, 3.63) is 0 Å². The van der Waals surface area contributed by atoms with E-state index in [1.807, 2.05) is 0 Å². The molecule has 3 atom stereocenters. The normalized spacial score (nSPS) is 34.4. The average molecular weight is 255 g/mol. The number of carbonyl (C=O) groups is 1. The molecule has 0 amide bonds. The first kappa shape index (κ1) is 13.9. The van der Waals surface area contributed by atoms with Crippen LogP contribution in [-0.4, -0.2) is 47.0 Å². The first-order chi connectivity index (χ1) is 7.63. The molecule has 0 radical (unpaired) electrons. The van der Waals surface area contributed by atoms with E-state index < -0.39 is 42.0 Å². The summed E-state index contributed by atoms with van der Waals surface area (Å²) >= 11 is 0. The lowest BCUT2D eigenvalue weighted by atomic mass is 9.79. The molecule has 0 aromatic heterocycles. The molecule has 3 unspecified atom stereocenters. The van der Waals surface area contributed by atoms with Crippen LogP contribution in [0.4, 0.5) is 13.2 Å². The number of aliphatic carboxylic acids is 1. The number of rotatable bonds is 2. The molecule has 1 aliphatic rings. The Morgan fingerprint density at radius 3 is 2.47 bits per heavy atom. The van der Waals surface area contributed by atoms with Gasteiger partial charge in [-0.25, -0.2) is 4.79 Å². The Labute approximate surface area is 94.9 Å². The number of hydrogen-bond acceptors (Lipinski definition) is 4. The second kappa shape index (κ2) is 4.26. The van der Waals surface area contributed by atoms with Crippen LogP contribution in [0.25, 0.3) is 0 Å². The Hall–Kier alpha value is -1.15. The van der Waals surface area contributed by atoms with Crippen molar-refractivity contribution >= 4 is 11.7 Å². The lowest BCUT2D eigenvalue weighted by Crippen LogP contribution is -2.58. The average Bonchev–Trinajstić information content (AvgIpc) is 2.19. The molecular weight excluding hydrogens is 243 g/mol. The van der Waals surface area contributed by atoms with Crippen LogP contribution in [0, 0.1) is 5.92 Å². The van der Waals surface area contributed by atoms with Gasteiger partial charge in [0.15, 0.2) is 11.8 Å². The van der Waals surface area contributed by atoms with E-state index in [1.54, 1.807) is 0 Å². The summed E-state index contributed by atoms with van der Waals surface area (Å²) < 4.78 is 42.9. The van der Waals surface area contributed by atoms with E-state index in [-0.39, 0.29) is 0 Å². The van der Waals surface area contributed by atoms with Crippen molar-refractivity contribution in [1.82, 2.24) is 0 Å². The summed E-state index contributed by atoms with van der Waals surface area (Å²) in [6.07, 6.45) is -7.07. The van der Waals surface area contributed by atoms with Crippen molar-refractivity contribution < 1.29 is 32.9 Å². The Kier molecular flexibility index (Phi) is 3.49. The Morgan fingerprint density at radius 2 is 2.12 bits per heavy atom. The molecule has 1 heterocycles. The van der Waals surface area contributed by atoms with Crippen LogP contribution >= 0.6 is 0 Å². The molecule has 17 heavy (non-hydrogen) atoms. The first-order valence-corrected chi connectivity index (χ1v) is 4.76. The number of ether oxygens (including phenoxy) is 1. The quantitative estimate of drug-likeness (QED) is 0.765. The Balaban J connectivity index is 3.22. The van der Waals surface area contributed by atoms with Gasteiger partial charge in [0, 0.05) is 19.4 Å². The molecule has 0 aliphatic carbocycles. The van der Waals surface area contributed by atoms with Crippen molar-refractivity contribution in [3.63, 3.8) is 0 Å². The minimum absolute atomic E-state index is 0.733. The van der Waals surface area contributed by atoms with E-state index in [2.05, 4.69) is 9.73 Å². The highest BCUT2D eigenvalue weighted by Gasteiger charge is 2.61. The minimum atomic E-state index is -4.94. The fourth-order valence-electron chi connectivity index (χ4n) is 1.72. The predicted octanol–water partition coefficient (Wildman–Crippen LogP) is 0.818. The van der Waals surface area contributed by atoms with Gasteiger partial charge in [-0.1, -0.05) is 6.92 Å². The van der Waals surface area contributed by atoms with Crippen LogP contribution < -0.4 is 0 Å². The van der Waals surface area contributed by atoms with Crippen molar-refractivity contribution in [3.8, 4) is 0 Å². The van der Waals surface area contributed by atoms with Crippen LogP contribution in [-0.2, 0) is 9.53 Å². The molecule has 98 valence electrons. The topological polar surface area (TPSA) is 79.1 Å². The smallest absolute Gasteiger partial charge is 0.418 e. The van der Waals surface area contributed by atoms with Gasteiger partial charge < -0.3 is 14.9 Å². The van der Waals surface area contributed by atoms with Gasteiger partial charge in [0.2, 0.25) is 0 Å². The maximum Gasteiger partial charge on any atom is 0.418 e. The van der Waals surface area contributed by atoms with Crippen LogP contribution in [0.1, 0.15) is 13.3 Å². The van der Waals surface area contributed by atoms with E-state index in [4.69, 9.17) is 5.11 Å². The van der Waals surface area contributed by atoms with Gasteiger partial charge in [0.05, 0.1) is 0 Å². The molecule has 0 spiro atoms. The van der Waals surface area contributed by atoms with Gasteiger partial charge in [-0.05, 0) is 0 Å². The number of carboxylic acids is 1. The van der Waals surface area contributed by atoms with Crippen molar-refractivity contribution in [2.75, 3.05) is 7.11 Å². The van der Waals surface area contributed by atoms with Gasteiger partial charge in [0.25, 0.3) is 0 Å². The molecular formula is C9H12F3NO4. The third kappa shape index (κ3) is 2.27. The predicted molar refractivity (Wildman–Crippen MR) is 50.7 cm³/mol. The lowest BCUT2D eigenvalue weighted by Gasteiger charge is -2.40. The highest BCUT2D eigenvalue weighted by atomic mass is 19.4. The molecule has 0 bridgehead atoms. The van der Waals surface area contributed by atoms with Crippen molar-refractivity contribution in [1.29, 1.82) is 0 Å². The summed E-state index contributed by atoms with van der Waals surface area (Å²) in [7, 11) is 1.10. The largest absolute Gasteiger partial charge is 0.477 e. The van der Waals surface area contributed by atoms with E-state index in [9.17, 15) is 23.1 Å². The van der Waals surface area contributed by atoms with E-state index in [1.165, 1.54) is 0 Å². The van der Waals surface area contributed by atoms with Crippen LogP contribution in [0.15, 0.2) is 4.99 Å². The molecule has 0 aromatic carbocycles. The third-order valence-corrected chi connectivity index (χ3v) is 2.88. The highest BCUT2D eigenvalue weighted by molar-refractivity contribution is 6.36. The van der Waals surface area contributed by atoms with Crippen molar-refractivity contribution in [2.45, 2.75) is 31.3 Å². The van der Waals surface area contributed by atoms with Gasteiger partial charge in [-0.2, -0.15) is 13.2 Å². The second-order valence-electron chi connectivity index (χ2n) is 3.86. The summed E-state index contributed by atoms with van der Waals surface area (Å²) in [5.74, 6) is -3.24. The summed E-state index contributed by atoms with van der Waals surface area (Å²) in [4.78, 5) is 14.3. The number of aliphatic imine (C=N–C) groups is 1. The van der Waals surface area contributed by atoms with Gasteiger partial charge >= 0.3 is 12.1 Å². The zero-order valence-corrected chi connectivity index (χ0v) is 9.15. The zero-order chi connectivity index (χ0) is 13.4. The number of halogens is 3. The third-order valence-electron chi connectivity index (χ3n) is 2.88.